The molecule has 2 atom stereocenters. The van der Waals surface area contributed by atoms with Gasteiger partial charge in [0.15, 0.2) is 23.0 Å². The van der Waals surface area contributed by atoms with E-state index in [4.69, 9.17) is 28.4 Å². The average molecular weight is 841 g/mol. The zero-order valence-electron chi connectivity index (χ0n) is 36.3. The zero-order valence-corrected chi connectivity index (χ0v) is 36.3. The molecule has 6 rings (SSSR count). The molecule has 326 valence electrons. The highest BCUT2D eigenvalue weighted by atomic mass is 16.5. The van der Waals surface area contributed by atoms with E-state index in [0.717, 1.165) is 50.1 Å². The minimum Gasteiger partial charge on any atom is -0.508 e. The first-order chi connectivity index (χ1) is 29.3. The molecule has 4 amide bonds. The van der Waals surface area contributed by atoms with Crippen LogP contribution in [0.2, 0.25) is 0 Å². The van der Waals surface area contributed by atoms with Crippen LogP contribution in [0.1, 0.15) is 73.5 Å². The lowest BCUT2D eigenvalue weighted by Crippen LogP contribution is -2.34. The summed E-state index contributed by atoms with van der Waals surface area (Å²) >= 11 is 0. The molecule has 4 aromatic rings. The van der Waals surface area contributed by atoms with Gasteiger partial charge in [-0.1, -0.05) is 24.3 Å². The topological polar surface area (TPSA) is 192 Å². The van der Waals surface area contributed by atoms with Gasteiger partial charge in [-0.3, -0.25) is 19.2 Å². The molecule has 0 unspecified atom stereocenters. The van der Waals surface area contributed by atoms with E-state index < -0.39 is 0 Å². The number of carbonyl (C=O) groups is 4. The molecule has 15 nitrogen and oxygen atoms in total. The smallest absolute Gasteiger partial charge is 0.224 e. The van der Waals surface area contributed by atoms with Gasteiger partial charge in [0.1, 0.15) is 5.75 Å². The highest BCUT2D eigenvalue weighted by Gasteiger charge is 2.31. The van der Waals surface area contributed by atoms with Crippen molar-refractivity contribution in [1.29, 1.82) is 0 Å². The fourth-order valence-corrected chi connectivity index (χ4v) is 8.09. The number of amides is 4. The maximum Gasteiger partial charge on any atom is 0.224 e. The third-order valence-corrected chi connectivity index (χ3v) is 10.6. The number of phenols is 1. The molecule has 0 heterocycles. The summed E-state index contributed by atoms with van der Waals surface area (Å²) < 4.78 is 33.6. The summed E-state index contributed by atoms with van der Waals surface area (Å²) in [6, 6.07) is 14.5. The molecule has 15 heteroatoms. The first kappa shape index (κ1) is 45.4. The van der Waals surface area contributed by atoms with E-state index >= 15 is 0 Å². The molecule has 0 spiro atoms. The molecule has 2 aliphatic rings. The van der Waals surface area contributed by atoms with E-state index in [1.165, 1.54) is 20.8 Å². The van der Waals surface area contributed by atoms with Crippen molar-refractivity contribution in [3.63, 3.8) is 0 Å². The summed E-state index contributed by atoms with van der Waals surface area (Å²) in [5, 5.41) is 21.5. The fourth-order valence-electron chi connectivity index (χ4n) is 8.09. The lowest BCUT2D eigenvalue weighted by Gasteiger charge is -2.21. The van der Waals surface area contributed by atoms with Crippen LogP contribution >= 0.6 is 0 Å². The predicted molar refractivity (Wildman–Crippen MR) is 230 cm³/mol. The van der Waals surface area contributed by atoms with Crippen LogP contribution in [0.3, 0.4) is 0 Å². The van der Waals surface area contributed by atoms with E-state index in [1.54, 1.807) is 54.8 Å². The number of hydrogen-bond acceptors (Lipinski definition) is 11. The van der Waals surface area contributed by atoms with Crippen LogP contribution < -0.4 is 49.7 Å². The molecule has 0 aromatic heterocycles. The Hall–Kier alpha value is -6.64. The number of benzene rings is 4. The van der Waals surface area contributed by atoms with Gasteiger partial charge in [-0.05, 0) is 88.9 Å². The van der Waals surface area contributed by atoms with Gasteiger partial charge in [0.05, 0.1) is 61.2 Å². The second kappa shape index (κ2) is 20.6. The molecule has 5 N–H and O–H groups in total. The van der Waals surface area contributed by atoms with E-state index in [9.17, 15) is 24.3 Å². The van der Waals surface area contributed by atoms with Crippen LogP contribution in [0.5, 0.6) is 40.2 Å². The van der Waals surface area contributed by atoms with Gasteiger partial charge >= 0.3 is 0 Å². The summed E-state index contributed by atoms with van der Waals surface area (Å²) in [5.41, 5.74) is 8.23. The van der Waals surface area contributed by atoms with Gasteiger partial charge in [0.25, 0.3) is 0 Å². The predicted octanol–water partition coefficient (Wildman–Crippen LogP) is 5.51. The van der Waals surface area contributed by atoms with E-state index in [1.807, 2.05) is 36.4 Å². The maximum absolute atomic E-state index is 12.5. The number of nitrogens with one attached hydrogen (secondary N) is 4. The van der Waals surface area contributed by atoms with Crippen LogP contribution in [-0.4, -0.2) is 84.5 Å². The van der Waals surface area contributed by atoms with Crippen molar-refractivity contribution in [1.82, 2.24) is 21.3 Å². The highest BCUT2D eigenvalue weighted by Crippen LogP contribution is 2.52. The second-order valence-electron chi connectivity index (χ2n) is 14.6. The van der Waals surface area contributed by atoms with Gasteiger partial charge in [-0.25, -0.2) is 0 Å². The standard InChI is InChI=1S/C26H33N3O6.C20H23NO5/c1-15(30)27-10-11-28-23(32)13-17-6-8-19-20(12-17)21(29-16(2)31)9-7-18-14-22(33-3)25(34-4)26(35-5)24(18)19;1-11(22)21-16-8-5-12-9-17(24-2)19(25-3)20(26-4)18(12)14-7-6-13(23)10-15(14)16/h6,8,12,14,21H,7,9-11,13H2,1-5H3,(H,27,30)(H,28,32)(H,29,31);6-7,9-10,16,23H,5,8H2,1-4H3,(H,21,22)/t21-;16-/m00/s1. The van der Waals surface area contributed by atoms with Crippen molar-refractivity contribution in [2.75, 3.05) is 55.7 Å². The van der Waals surface area contributed by atoms with E-state index in [-0.39, 0.29) is 47.9 Å². The number of rotatable bonds is 13. The number of aromatic hydroxyl groups is 1. The number of ether oxygens (including phenoxy) is 6. The lowest BCUT2D eigenvalue weighted by molar-refractivity contribution is -0.121. The fraction of sp³-hybridized carbons (Fsp3) is 0.391. The molecule has 0 saturated carbocycles. The second-order valence-corrected chi connectivity index (χ2v) is 14.6. The number of aryl methyl sites for hydroxylation is 2. The molecular formula is C46H56N4O11. The molecular weight excluding hydrogens is 785 g/mol. The number of carbonyl (C=O) groups excluding carboxylic acids is 4. The summed E-state index contributed by atoms with van der Waals surface area (Å²) in [6.45, 7) is 5.15. The Bertz CT molecular complexity index is 2280. The summed E-state index contributed by atoms with van der Waals surface area (Å²) in [5.74, 6) is 2.97. The highest BCUT2D eigenvalue weighted by molar-refractivity contribution is 5.86. The van der Waals surface area contributed by atoms with Gasteiger partial charge in [-0.2, -0.15) is 0 Å². The Morgan fingerprint density at radius 2 is 1.03 bits per heavy atom. The van der Waals surface area contributed by atoms with E-state index in [2.05, 4.69) is 21.3 Å². The Morgan fingerprint density at radius 3 is 1.48 bits per heavy atom. The molecule has 61 heavy (non-hydrogen) atoms. The van der Waals surface area contributed by atoms with Crippen LogP contribution in [0.4, 0.5) is 0 Å². The normalized spacial score (nSPS) is 14.6. The zero-order chi connectivity index (χ0) is 44.4. The van der Waals surface area contributed by atoms with Crippen molar-refractivity contribution < 1.29 is 52.7 Å². The van der Waals surface area contributed by atoms with Gasteiger partial charge in [-0.15, -0.1) is 0 Å². The molecule has 0 saturated heterocycles. The number of hydrogen-bond donors (Lipinski definition) is 5. The third kappa shape index (κ3) is 10.4. The van der Waals surface area contributed by atoms with Gasteiger partial charge in [0, 0.05) is 45.0 Å². The Morgan fingerprint density at radius 1 is 0.574 bits per heavy atom. The third-order valence-electron chi connectivity index (χ3n) is 10.6. The number of phenolic OH excluding ortho intramolecular Hbond substituents is 1. The van der Waals surface area contributed by atoms with Crippen molar-refractivity contribution in [3.05, 3.63) is 76.3 Å². The summed E-state index contributed by atoms with van der Waals surface area (Å²) in [6.07, 6.45) is 2.94. The average Bonchev–Trinajstić information content (AvgIpc) is 3.47. The number of methoxy groups -OCH3 is 6. The lowest BCUT2D eigenvalue weighted by atomic mass is 9.91. The molecule has 2 aliphatic carbocycles. The van der Waals surface area contributed by atoms with Crippen LogP contribution in [0.25, 0.3) is 22.3 Å². The van der Waals surface area contributed by atoms with Crippen LogP contribution in [-0.2, 0) is 38.4 Å². The Kier molecular flexibility index (Phi) is 15.3. The maximum atomic E-state index is 12.5. The molecule has 0 radical (unpaired) electrons. The quantitative estimate of drug-likeness (QED) is 0.107. The first-order valence-corrected chi connectivity index (χ1v) is 19.9. The number of fused-ring (bicyclic) bond motifs is 6. The molecule has 4 aromatic carbocycles. The monoisotopic (exact) mass is 840 g/mol. The summed E-state index contributed by atoms with van der Waals surface area (Å²) in [4.78, 5) is 47.1. The van der Waals surface area contributed by atoms with Crippen molar-refractivity contribution in [2.24, 2.45) is 0 Å². The minimum absolute atomic E-state index is 0.114. The first-order valence-electron chi connectivity index (χ1n) is 19.9. The molecule has 0 bridgehead atoms. The molecule has 0 fully saturated rings. The Balaban J connectivity index is 0.000000241. The Labute approximate surface area is 356 Å². The van der Waals surface area contributed by atoms with Crippen LogP contribution in [0, 0.1) is 0 Å². The SMILES string of the molecule is COc1cc2c(c(OC)c1OC)-c1ccc(CC(=O)NCCNC(C)=O)cc1[C@@H](NC(C)=O)CC2.COc1cc2c(c(OC)c1OC)-c1ccc(O)cc1[C@@H](NC(C)=O)CC2. The largest absolute Gasteiger partial charge is 0.508 e. The molecule has 0 aliphatic heterocycles. The summed E-state index contributed by atoms with van der Waals surface area (Å²) in [7, 11) is 9.49. The van der Waals surface area contributed by atoms with E-state index in [0.29, 0.717) is 73.3 Å². The van der Waals surface area contributed by atoms with Gasteiger partial charge in [0.2, 0.25) is 35.1 Å². The van der Waals surface area contributed by atoms with Crippen molar-refractivity contribution in [2.45, 2.75) is 65.0 Å². The minimum atomic E-state index is -0.237. The van der Waals surface area contributed by atoms with Gasteiger partial charge < -0.3 is 54.8 Å². The van der Waals surface area contributed by atoms with Crippen LogP contribution in [0.15, 0.2) is 48.5 Å². The van der Waals surface area contributed by atoms with Crippen molar-refractivity contribution in [3.8, 4) is 62.5 Å². The van der Waals surface area contributed by atoms with Crippen molar-refractivity contribution >= 4 is 23.6 Å².